The Balaban J connectivity index is 2.27. The number of benzene rings is 1. The quantitative estimate of drug-likeness (QED) is 0.911. The summed E-state index contributed by atoms with van der Waals surface area (Å²) in [5.74, 6) is -1.27. The number of carbonyl (C=O) groups excluding carboxylic acids is 2. The molecule has 0 radical (unpaired) electrons. The van der Waals surface area contributed by atoms with Gasteiger partial charge < -0.3 is 14.9 Å². The van der Waals surface area contributed by atoms with Crippen molar-refractivity contribution in [2.24, 2.45) is 0 Å². The topological polar surface area (TPSA) is 77.9 Å². The number of amides is 2. The van der Waals surface area contributed by atoms with Crippen LogP contribution in [-0.4, -0.2) is 57.9 Å². The maximum Gasteiger partial charge on any atom is 0.305 e. The fourth-order valence-corrected chi connectivity index (χ4v) is 2.90. The van der Waals surface area contributed by atoms with Crippen molar-refractivity contribution in [3.05, 3.63) is 35.9 Å². The molecule has 6 heteroatoms. The van der Waals surface area contributed by atoms with Crippen molar-refractivity contribution in [1.29, 1.82) is 0 Å². The summed E-state index contributed by atoms with van der Waals surface area (Å²) in [6, 6.07) is 8.05. The van der Waals surface area contributed by atoms with Crippen molar-refractivity contribution in [1.82, 2.24) is 9.80 Å². The van der Waals surface area contributed by atoms with Crippen LogP contribution in [0.25, 0.3) is 0 Å². The van der Waals surface area contributed by atoms with Crippen LogP contribution in [0.1, 0.15) is 30.6 Å². The second kappa shape index (κ2) is 6.60. The molecule has 0 saturated carbocycles. The molecule has 0 aliphatic carbocycles. The molecule has 1 heterocycles. The molecule has 22 heavy (non-hydrogen) atoms. The van der Waals surface area contributed by atoms with Crippen LogP contribution in [-0.2, 0) is 9.59 Å². The van der Waals surface area contributed by atoms with Gasteiger partial charge in [0.2, 0.25) is 5.91 Å². The summed E-state index contributed by atoms with van der Waals surface area (Å²) in [6.07, 6.45) is -0.174. The Hall–Kier alpha value is -2.37. The van der Waals surface area contributed by atoms with Crippen LogP contribution in [0.2, 0.25) is 0 Å². The molecule has 1 aliphatic heterocycles. The molecule has 1 aromatic carbocycles. The minimum Gasteiger partial charge on any atom is -0.481 e. The van der Waals surface area contributed by atoms with Gasteiger partial charge in [0.15, 0.2) is 0 Å². The first kappa shape index (κ1) is 16.0. The molecule has 118 valence electrons. The van der Waals surface area contributed by atoms with Crippen LogP contribution in [0.3, 0.4) is 0 Å². The van der Waals surface area contributed by atoms with Crippen molar-refractivity contribution < 1.29 is 19.5 Å². The molecule has 2 amide bonds. The van der Waals surface area contributed by atoms with Crippen LogP contribution < -0.4 is 0 Å². The number of hydrogen-bond acceptors (Lipinski definition) is 3. The first-order valence-electron chi connectivity index (χ1n) is 7.25. The first-order valence-corrected chi connectivity index (χ1v) is 7.25. The van der Waals surface area contributed by atoms with Crippen molar-refractivity contribution >= 4 is 17.8 Å². The molecule has 1 aromatic rings. The second-order valence-electron chi connectivity index (χ2n) is 5.60. The van der Waals surface area contributed by atoms with Gasteiger partial charge in [-0.2, -0.15) is 0 Å². The van der Waals surface area contributed by atoms with Crippen LogP contribution in [0.5, 0.6) is 0 Å². The zero-order valence-electron chi connectivity index (χ0n) is 12.7. The number of hydrogen-bond donors (Lipinski definition) is 1. The number of piperazine rings is 1. The smallest absolute Gasteiger partial charge is 0.305 e. The van der Waals surface area contributed by atoms with Crippen LogP contribution >= 0.6 is 0 Å². The highest BCUT2D eigenvalue weighted by Crippen LogP contribution is 2.21. The summed E-state index contributed by atoms with van der Waals surface area (Å²) in [6.45, 7) is 3.97. The first-order chi connectivity index (χ1) is 10.4. The van der Waals surface area contributed by atoms with Gasteiger partial charge in [-0.15, -0.1) is 0 Å². The van der Waals surface area contributed by atoms with Gasteiger partial charge in [0.05, 0.1) is 12.5 Å². The van der Waals surface area contributed by atoms with Gasteiger partial charge >= 0.3 is 5.97 Å². The van der Waals surface area contributed by atoms with Crippen LogP contribution in [0, 0.1) is 0 Å². The lowest BCUT2D eigenvalue weighted by atomic mass is 10.0. The highest BCUT2D eigenvalue weighted by molar-refractivity contribution is 5.95. The van der Waals surface area contributed by atoms with Gasteiger partial charge in [0.1, 0.15) is 0 Å². The zero-order chi connectivity index (χ0) is 16.3. The van der Waals surface area contributed by atoms with E-state index in [2.05, 4.69) is 0 Å². The van der Waals surface area contributed by atoms with Gasteiger partial charge in [0, 0.05) is 31.6 Å². The van der Waals surface area contributed by atoms with E-state index in [9.17, 15) is 14.4 Å². The normalized spacial score (nSPS) is 21.5. The number of rotatable bonds is 3. The summed E-state index contributed by atoms with van der Waals surface area (Å²) >= 11 is 0. The molecule has 0 aromatic heterocycles. The Kier molecular flexibility index (Phi) is 4.80. The van der Waals surface area contributed by atoms with E-state index in [-0.39, 0.29) is 30.8 Å². The number of nitrogens with zero attached hydrogens (tertiary/aromatic N) is 2. The molecule has 0 spiro atoms. The number of carboxylic acids is 1. The largest absolute Gasteiger partial charge is 0.481 e. The summed E-state index contributed by atoms with van der Waals surface area (Å²) in [5.41, 5.74) is 0.529. The van der Waals surface area contributed by atoms with Crippen molar-refractivity contribution in [2.75, 3.05) is 13.1 Å². The summed E-state index contributed by atoms with van der Waals surface area (Å²) in [5, 5.41) is 9.11. The molecule has 1 fully saturated rings. The monoisotopic (exact) mass is 304 g/mol. The molecule has 1 N–H and O–H groups in total. The summed E-state index contributed by atoms with van der Waals surface area (Å²) in [4.78, 5) is 38.6. The predicted molar refractivity (Wildman–Crippen MR) is 80.4 cm³/mol. The Morgan fingerprint density at radius 1 is 1.18 bits per heavy atom. The highest BCUT2D eigenvalue weighted by atomic mass is 16.4. The zero-order valence-corrected chi connectivity index (χ0v) is 12.7. The maximum absolute atomic E-state index is 12.7. The van der Waals surface area contributed by atoms with Gasteiger partial charge in [-0.1, -0.05) is 18.2 Å². The number of carboxylic acid groups (broad SMARTS) is 1. The molecule has 0 unspecified atom stereocenters. The van der Waals surface area contributed by atoms with E-state index in [1.54, 1.807) is 34.1 Å². The molecule has 1 saturated heterocycles. The Bertz CT molecular complexity index is 573. The van der Waals surface area contributed by atoms with Gasteiger partial charge in [-0.25, -0.2) is 0 Å². The molecule has 1 aliphatic rings. The molecule has 2 atom stereocenters. The molecule has 6 nitrogen and oxygen atoms in total. The van der Waals surface area contributed by atoms with E-state index in [0.717, 1.165) is 0 Å². The molecular formula is C16H20N2O4. The summed E-state index contributed by atoms with van der Waals surface area (Å²) < 4.78 is 0. The Labute approximate surface area is 129 Å². The second-order valence-corrected chi connectivity index (χ2v) is 5.60. The van der Waals surface area contributed by atoms with E-state index in [0.29, 0.717) is 12.1 Å². The van der Waals surface area contributed by atoms with Gasteiger partial charge in [-0.3, -0.25) is 14.4 Å². The predicted octanol–water partition coefficient (Wildman–Crippen LogP) is 1.22. The number of carbonyl (C=O) groups is 3. The lowest BCUT2D eigenvalue weighted by Gasteiger charge is -2.45. The molecule has 2 rings (SSSR count). The highest BCUT2D eigenvalue weighted by Gasteiger charge is 2.37. The maximum atomic E-state index is 12.7. The minimum atomic E-state index is -0.978. The van der Waals surface area contributed by atoms with Gasteiger partial charge in [-0.05, 0) is 19.1 Å². The van der Waals surface area contributed by atoms with Crippen LogP contribution in [0.4, 0.5) is 0 Å². The molecule has 0 bridgehead atoms. The van der Waals surface area contributed by atoms with Gasteiger partial charge in [0.25, 0.3) is 5.91 Å². The van der Waals surface area contributed by atoms with E-state index >= 15 is 0 Å². The third-order valence-electron chi connectivity index (χ3n) is 3.89. The average Bonchev–Trinajstić information content (AvgIpc) is 2.46. The minimum absolute atomic E-state index is 0.103. The lowest BCUT2D eigenvalue weighted by Crippen LogP contribution is -2.60. The average molecular weight is 304 g/mol. The van der Waals surface area contributed by atoms with Crippen LogP contribution in [0.15, 0.2) is 30.3 Å². The van der Waals surface area contributed by atoms with E-state index < -0.39 is 12.0 Å². The fraction of sp³-hybridized carbons (Fsp3) is 0.438. The van der Waals surface area contributed by atoms with Crippen molar-refractivity contribution in [2.45, 2.75) is 32.4 Å². The Morgan fingerprint density at radius 3 is 2.36 bits per heavy atom. The van der Waals surface area contributed by atoms with Crippen molar-refractivity contribution in [3.63, 3.8) is 0 Å². The summed E-state index contributed by atoms with van der Waals surface area (Å²) in [7, 11) is 0. The third-order valence-corrected chi connectivity index (χ3v) is 3.89. The fourth-order valence-electron chi connectivity index (χ4n) is 2.90. The van der Waals surface area contributed by atoms with Crippen molar-refractivity contribution in [3.8, 4) is 0 Å². The lowest BCUT2D eigenvalue weighted by molar-refractivity contribution is -0.141. The van der Waals surface area contributed by atoms with E-state index in [4.69, 9.17) is 5.11 Å². The Morgan fingerprint density at radius 2 is 1.82 bits per heavy atom. The standard InChI is InChI=1S/C16H20N2O4/c1-11-9-17(12(2)19)10-14(8-15(20)21)18(11)16(22)13-6-4-3-5-7-13/h3-7,11,14H,8-10H2,1-2H3,(H,20,21)/t11-,14+/m0/s1. The third kappa shape index (κ3) is 3.44. The van der Waals surface area contributed by atoms with E-state index in [1.165, 1.54) is 6.92 Å². The SMILES string of the molecule is CC(=O)N1C[C@@H](CC(=O)O)N(C(=O)c2ccccc2)[C@@H](C)C1. The number of aliphatic carboxylic acids is 1. The van der Waals surface area contributed by atoms with E-state index in [1.807, 2.05) is 13.0 Å². The molecular weight excluding hydrogens is 284 g/mol.